The summed E-state index contributed by atoms with van der Waals surface area (Å²) in [6.45, 7) is 0.333. The van der Waals surface area contributed by atoms with Crippen molar-refractivity contribution in [2.24, 2.45) is 17.6 Å². The van der Waals surface area contributed by atoms with Gasteiger partial charge in [-0.25, -0.2) is 0 Å². The number of fused-ring (bicyclic) bond motifs is 1. The molecular weight excluding hydrogens is 394 g/mol. The molecule has 0 radical (unpaired) electrons. The summed E-state index contributed by atoms with van der Waals surface area (Å²) in [5.74, 6) is -1.35. The Hall–Kier alpha value is -3.45. The minimum Gasteiger partial charge on any atom is -0.488 e. The lowest BCUT2D eigenvalue weighted by atomic mass is 9.78. The first-order chi connectivity index (χ1) is 15.0. The summed E-state index contributed by atoms with van der Waals surface area (Å²) in [5.41, 5.74) is 7.56. The van der Waals surface area contributed by atoms with Crippen molar-refractivity contribution < 1.29 is 19.5 Å². The summed E-state index contributed by atoms with van der Waals surface area (Å²) in [6, 6.07) is 16.5. The molecule has 3 N–H and O–H groups in total. The lowest BCUT2D eigenvalue weighted by Crippen LogP contribution is -2.43. The number of nitrogens with two attached hydrogens (primary N) is 1. The summed E-state index contributed by atoms with van der Waals surface area (Å²) >= 11 is 0. The molecule has 1 aliphatic carbocycles. The molecule has 0 saturated heterocycles. The highest BCUT2D eigenvalue weighted by molar-refractivity contribution is 5.96. The Morgan fingerprint density at radius 3 is 2.48 bits per heavy atom. The van der Waals surface area contributed by atoms with E-state index in [-0.39, 0.29) is 0 Å². The number of carbonyl (C=O) groups is 2. The summed E-state index contributed by atoms with van der Waals surface area (Å²) < 4.78 is 5.95. The summed E-state index contributed by atoms with van der Waals surface area (Å²) in [7, 11) is 0. The third-order valence-corrected chi connectivity index (χ3v) is 5.84. The monoisotopic (exact) mass is 419 g/mol. The molecule has 0 bridgehead atoms. The van der Waals surface area contributed by atoms with E-state index in [1.54, 1.807) is 30.5 Å². The number of anilines is 1. The smallest absolute Gasteiger partial charge is 0.254 e. The number of para-hydroxylation sites is 1. The molecule has 0 spiro atoms. The Labute approximate surface area is 180 Å². The standard InChI is InChI=1S/C24H25N3O4/c25-23(28)18-5-1-2-6-19(18)24(29)27(30)17-11-9-16(10-12-17)15-31-22-13-14-26-21-8-4-3-7-20(21)22/h3-4,7-14,18-19,30H,1-2,5-6,15H2,(H2,25,28). The quantitative estimate of drug-likeness (QED) is 0.467. The molecule has 1 aliphatic rings. The first kappa shape index (κ1) is 20.8. The number of carbonyl (C=O) groups excluding carboxylic acids is 2. The molecule has 2 atom stereocenters. The fourth-order valence-electron chi connectivity index (χ4n) is 4.14. The molecule has 7 heteroatoms. The van der Waals surface area contributed by atoms with Gasteiger partial charge >= 0.3 is 0 Å². The molecular formula is C24H25N3O4. The van der Waals surface area contributed by atoms with Crippen molar-refractivity contribution in [3.05, 3.63) is 66.4 Å². The summed E-state index contributed by atoms with van der Waals surface area (Å²) in [4.78, 5) is 28.8. The van der Waals surface area contributed by atoms with Crippen molar-refractivity contribution in [2.45, 2.75) is 32.3 Å². The van der Waals surface area contributed by atoms with Crippen molar-refractivity contribution in [1.82, 2.24) is 4.98 Å². The number of amides is 2. The van der Waals surface area contributed by atoms with E-state index in [1.807, 2.05) is 30.3 Å². The molecule has 160 valence electrons. The minimum absolute atomic E-state index is 0.333. The molecule has 4 rings (SSSR count). The Kier molecular flexibility index (Phi) is 6.13. The van der Waals surface area contributed by atoms with Crippen LogP contribution in [0.4, 0.5) is 5.69 Å². The van der Waals surface area contributed by atoms with Crippen LogP contribution in [0.25, 0.3) is 10.9 Å². The highest BCUT2D eigenvalue weighted by Gasteiger charge is 2.37. The van der Waals surface area contributed by atoms with Crippen molar-refractivity contribution in [1.29, 1.82) is 0 Å². The van der Waals surface area contributed by atoms with Crippen molar-refractivity contribution in [3.8, 4) is 5.75 Å². The number of pyridine rings is 1. The summed E-state index contributed by atoms with van der Waals surface area (Å²) in [6.07, 6.45) is 4.55. The van der Waals surface area contributed by atoms with Crippen LogP contribution in [0.3, 0.4) is 0 Å². The number of hydrogen-bond acceptors (Lipinski definition) is 5. The van der Waals surface area contributed by atoms with Crippen LogP contribution in [-0.4, -0.2) is 22.0 Å². The maximum Gasteiger partial charge on any atom is 0.254 e. The van der Waals surface area contributed by atoms with Gasteiger partial charge in [0.2, 0.25) is 5.91 Å². The molecule has 2 unspecified atom stereocenters. The lowest BCUT2D eigenvalue weighted by Gasteiger charge is -2.30. The number of hydrogen-bond donors (Lipinski definition) is 2. The normalized spacial score (nSPS) is 18.5. The van der Waals surface area contributed by atoms with Gasteiger partial charge in [-0.1, -0.05) is 37.1 Å². The fourth-order valence-corrected chi connectivity index (χ4v) is 4.14. The molecule has 3 aromatic rings. The fraction of sp³-hybridized carbons (Fsp3) is 0.292. The number of benzene rings is 2. The van der Waals surface area contributed by atoms with E-state index in [2.05, 4.69) is 4.98 Å². The van der Waals surface area contributed by atoms with Crippen molar-refractivity contribution in [2.75, 3.05) is 5.06 Å². The van der Waals surface area contributed by atoms with Gasteiger partial charge in [-0.05, 0) is 48.7 Å². The predicted molar refractivity (Wildman–Crippen MR) is 116 cm³/mol. The van der Waals surface area contributed by atoms with E-state index in [4.69, 9.17) is 10.5 Å². The predicted octanol–water partition coefficient (Wildman–Crippen LogP) is 3.83. The Morgan fingerprint density at radius 2 is 1.74 bits per heavy atom. The average Bonchev–Trinajstić information content (AvgIpc) is 2.82. The number of ether oxygens (including phenoxy) is 1. The van der Waals surface area contributed by atoms with Crippen LogP contribution in [0.15, 0.2) is 60.8 Å². The third kappa shape index (κ3) is 4.51. The lowest BCUT2D eigenvalue weighted by molar-refractivity contribution is -0.136. The molecule has 0 aliphatic heterocycles. The molecule has 31 heavy (non-hydrogen) atoms. The highest BCUT2D eigenvalue weighted by Crippen LogP contribution is 2.32. The van der Waals surface area contributed by atoms with Crippen LogP contribution < -0.4 is 15.5 Å². The van der Waals surface area contributed by atoms with Gasteiger partial charge in [-0.2, -0.15) is 5.06 Å². The van der Waals surface area contributed by atoms with Crippen LogP contribution in [-0.2, 0) is 16.2 Å². The van der Waals surface area contributed by atoms with Crippen LogP contribution >= 0.6 is 0 Å². The van der Waals surface area contributed by atoms with E-state index < -0.39 is 23.7 Å². The second kappa shape index (κ2) is 9.14. The Bertz CT molecular complexity index is 1080. The zero-order valence-electron chi connectivity index (χ0n) is 17.1. The summed E-state index contributed by atoms with van der Waals surface area (Å²) in [5, 5.41) is 12.0. The topological polar surface area (TPSA) is 106 Å². The Balaban J connectivity index is 1.42. The van der Waals surface area contributed by atoms with E-state index in [1.165, 1.54) is 0 Å². The maximum atomic E-state index is 12.8. The number of primary amides is 1. The van der Waals surface area contributed by atoms with Crippen LogP contribution in [0.2, 0.25) is 0 Å². The van der Waals surface area contributed by atoms with Crippen LogP contribution in [0.1, 0.15) is 31.2 Å². The molecule has 7 nitrogen and oxygen atoms in total. The molecule has 1 fully saturated rings. The van der Waals surface area contributed by atoms with Crippen molar-refractivity contribution >= 4 is 28.4 Å². The highest BCUT2D eigenvalue weighted by atomic mass is 16.5. The first-order valence-corrected chi connectivity index (χ1v) is 10.4. The first-order valence-electron chi connectivity index (χ1n) is 10.4. The van der Waals surface area contributed by atoms with E-state index in [0.717, 1.165) is 35.1 Å². The number of aromatic nitrogens is 1. The van der Waals surface area contributed by atoms with Gasteiger partial charge in [0.05, 0.1) is 17.1 Å². The van der Waals surface area contributed by atoms with E-state index >= 15 is 0 Å². The molecule has 1 heterocycles. The van der Waals surface area contributed by atoms with Gasteiger partial charge in [-0.3, -0.25) is 19.8 Å². The van der Waals surface area contributed by atoms with Gasteiger partial charge in [0.15, 0.2) is 0 Å². The van der Waals surface area contributed by atoms with E-state index in [9.17, 15) is 14.8 Å². The van der Waals surface area contributed by atoms with Gasteiger partial charge in [0.25, 0.3) is 5.91 Å². The number of nitrogens with zero attached hydrogens (tertiary/aromatic N) is 2. The minimum atomic E-state index is -0.584. The van der Waals surface area contributed by atoms with Gasteiger partial charge in [0, 0.05) is 17.5 Å². The Morgan fingerprint density at radius 1 is 1.03 bits per heavy atom. The maximum absolute atomic E-state index is 12.8. The van der Waals surface area contributed by atoms with E-state index in [0.29, 0.717) is 30.2 Å². The second-order valence-corrected chi connectivity index (χ2v) is 7.83. The molecule has 1 saturated carbocycles. The zero-order chi connectivity index (χ0) is 21.8. The van der Waals surface area contributed by atoms with Gasteiger partial charge in [0.1, 0.15) is 12.4 Å². The second-order valence-electron chi connectivity index (χ2n) is 7.83. The SMILES string of the molecule is NC(=O)C1CCCCC1C(=O)N(O)c1ccc(COc2ccnc3ccccc23)cc1. The average molecular weight is 419 g/mol. The third-order valence-electron chi connectivity index (χ3n) is 5.84. The van der Waals surface area contributed by atoms with Gasteiger partial charge in [-0.15, -0.1) is 0 Å². The number of hydroxylamine groups is 1. The number of rotatable bonds is 6. The van der Waals surface area contributed by atoms with Gasteiger partial charge < -0.3 is 10.5 Å². The molecule has 1 aromatic heterocycles. The molecule has 2 amide bonds. The van der Waals surface area contributed by atoms with Crippen LogP contribution in [0.5, 0.6) is 5.75 Å². The largest absolute Gasteiger partial charge is 0.488 e. The van der Waals surface area contributed by atoms with Crippen molar-refractivity contribution in [3.63, 3.8) is 0 Å². The molecule has 2 aromatic carbocycles. The van der Waals surface area contributed by atoms with Crippen LogP contribution in [0, 0.1) is 11.8 Å². The zero-order valence-corrected chi connectivity index (χ0v) is 17.1.